The van der Waals surface area contributed by atoms with Crippen LogP contribution < -0.4 is 0 Å². The number of hydrogen-bond acceptors (Lipinski definition) is 2. The maximum atomic E-state index is 12.2. The van der Waals surface area contributed by atoms with Crippen molar-refractivity contribution in [1.29, 1.82) is 0 Å². The van der Waals surface area contributed by atoms with Crippen LogP contribution in [0.5, 0.6) is 0 Å². The standard InChI is InChI=1S/C6H9F5OS/c1-13-12-4-2-3-5(7,8)6(9,10)11/h2-4H2,1H3. The Labute approximate surface area is 76.8 Å². The van der Waals surface area contributed by atoms with Gasteiger partial charge < -0.3 is 4.18 Å². The van der Waals surface area contributed by atoms with Crippen molar-refractivity contribution in [2.75, 3.05) is 12.9 Å². The molecule has 0 N–H and O–H groups in total. The van der Waals surface area contributed by atoms with E-state index >= 15 is 0 Å². The third-order valence-corrected chi connectivity index (χ3v) is 1.65. The molecule has 7 heteroatoms. The van der Waals surface area contributed by atoms with Crippen LogP contribution in [0.25, 0.3) is 0 Å². The Balaban J connectivity index is 3.77. The predicted octanol–water partition coefficient (Wildman–Crippen LogP) is 3.26. The van der Waals surface area contributed by atoms with E-state index in [4.69, 9.17) is 0 Å². The van der Waals surface area contributed by atoms with Gasteiger partial charge in [0.1, 0.15) is 0 Å². The van der Waals surface area contributed by atoms with E-state index in [2.05, 4.69) is 4.18 Å². The van der Waals surface area contributed by atoms with Gasteiger partial charge in [0, 0.05) is 12.7 Å². The van der Waals surface area contributed by atoms with Crippen molar-refractivity contribution in [2.45, 2.75) is 24.9 Å². The van der Waals surface area contributed by atoms with Gasteiger partial charge in [-0.05, 0) is 18.5 Å². The molecule has 0 fully saturated rings. The van der Waals surface area contributed by atoms with Gasteiger partial charge in [0.25, 0.3) is 0 Å². The molecule has 0 rings (SSSR count). The van der Waals surface area contributed by atoms with Crippen LogP contribution in [0.1, 0.15) is 12.8 Å². The molecule has 0 amide bonds. The van der Waals surface area contributed by atoms with Crippen molar-refractivity contribution in [3.05, 3.63) is 0 Å². The Morgan fingerprint density at radius 2 is 1.69 bits per heavy atom. The van der Waals surface area contributed by atoms with Crippen LogP contribution in [0.4, 0.5) is 22.0 Å². The number of rotatable bonds is 5. The Bertz CT molecular complexity index is 146. The maximum Gasteiger partial charge on any atom is 0.453 e. The van der Waals surface area contributed by atoms with Crippen LogP contribution in [0.3, 0.4) is 0 Å². The Morgan fingerprint density at radius 1 is 1.15 bits per heavy atom. The zero-order chi connectivity index (χ0) is 10.5. The number of alkyl halides is 5. The van der Waals surface area contributed by atoms with E-state index in [1.54, 1.807) is 6.26 Å². The summed E-state index contributed by atoms with van der Waals surface area (Å²) in [6.07, 6.45) is -5.43. The fourth-order valence-corrected chi connectivity index (χ4v) is 0.863. The molecule has 0 saturated carbocycles. The zero-order valence-corrected chi connectivity index (χ0v) is 7.64. The normalized spacial score (nSPS) is 13.4. The molecule has 13 heavy (non-hydrogen) atoms. The van der Waals surface area contributed by atoms with Gasteiger partial charge in [-0.2, -0.15) is 22.0 Å². The van der Waals surface area contributed by atoms with Gasteiger partial charge in [0.2, 0.25) is 0 Å². The van der Waals surface area contributed by atoms with Crippen LogP contribution in [0.15, 0.2) is 0 Å². The highest BCUT2D eigenvalue weighted by Gasteiger charge is 2.56. The highest BCUT2D eigenvalue weighted by atomic mass is 32.2. The van der Waals surface area contributed by atoms with E-state index < -0.39 is 18.5 Å². The second-order valence-electron chi connectivity index (χ2n) is 2.29. The van der Waals surface area contributed by atoms with Gasteiger partial charge in [-0.1, -0.05) is 0 Å². The van der Waals surface area contributed by atoms with Gasteiger partial charge in [-0.15, -0.1) is 0 Å². The van der Waals surface area contributed by atoms with Gasteiger partial charge in [0.15, 0.2) is 0 Å². The second-order valence-corrected chi connectivity index (χ2v) is 2.86. The molecule has 0 aromatic rings. The van der Waals surface area contributed by atoms with Crippen LogP contribution in [-0.4, -0.2) is 25.0 Å². The van der Waals surface area contributed by atoms with Gasteiger partial charge in [-0.3, -0.25) is 0 Å². The smallest absolute Gasteiger partial charge is 0.316 e. The maximum absolute atomic E-state index is 12.2. The van der Waals surface area contributed by atoms with E-state index in [-0.39, 0.29) is 13.0 Å². The Kier molecular flexibility index (Phi) is 4.98. The van der Waals surface area contributed by atoms with E-state index in [0.29, 0.717) is 0 Å². The lowest BCUT2D eigenvalue weighted by Gasteiger charge is -2.18. The molecule has 0 saturated heterocycles. The molecular formula is C6H9F5OS. The summed E-state index contributed by atoms with van der Waals surface area (Å²) in [5.74, 6) is -4.60. The first-order valence-corrected chi connectivity index (χ1v) is 4.56. The molecule has 0 atom stereocenters. The average Bonchev–Trinajstić information content (AvgIpc) is 1.96. The van der Waals surface area contributed by atoms with E-state index in [9.17, 15) is 22.0 Å². The highest BCUT2D eigenvalue weighted by Crippen LogP contribution is 2.38. The van der Waals surface area contributed by atoms with E-state index in [1.807, 2.05) is 0 Å². The summed E-state index contributed by atoms with van der Waals surface area (Å²) in [6.45, 7) is -0.104. The van der Waals surface area contributed by atoms with Crippen molar-refractivity contribution in [3.63, 3.8) is 0 Å². The van der Waals surface area contributed by atoms with Crippen LogP contribution in [0, 0.1) is 0 Å². The first-order valence-electron chi connectivity index (χ1n) is 3.41. The quantitative estimate of drug-likeness (QED) is 0.402. The SMILES string of the molecule is CSOCCCC(F)(F)C(F)(F)F. The molecule has 0 aromatic carbocycles. The van der Waals surface area contributed by atoms with E-state index in [0.717, 1.165) is 12.0 Å². The number of hydrogen-bond donors (Lipinski definition) is 0. The fraction of sp³-hybridized carbons (Fsp3) is 1.00. The summed E-state index contributed by atoms with van der Waals surface area (Å²) < 4.78 is 63.5. The summed E-state index contributed by atoms with van der Waals surface area (Å²) in [6, 6.07) is 0. The van der Waals surface area contributed by atoms with Crippen LogP contribution in [-0.2, 0) is 4.18 Å². The van der Waals surface area contributed by atoms with Crippen molar-refractivity contribution in [3.8, 4) is 0 Å². The van der Waals surface area contributed by atoms with Crippen molar-refractivity contribution < 1.29 is 26.1 Å². The zero-order valence-electron chi connectivity index (χ0n) is 6.83. The minimum absolute atomic E-state index is 0.104. The average molecular weight is 224 g/mol. The molecule has 0 aliphatic rings. The van der Waals surface area contributed by atoms with E-state index in [1.165, 1.54) is 0 Å². The lowest BCUT2D eigenvalue weighted by atomic mass is 10.2. The molecule has 80 valence electrons. The number of halogens is 5. The minimum atomic E-state index is -5.45. The van der Waals surface area contributed by atoms with Gasteiger partial charge >= 0.3 is 12.1 Å². The molecule has 0 unspecified atom stereocenters. The molecule has 0 aromatic heterocycles. The van der Waals surface area contributed by atoms with Crippen LogP contribution >= 0.6 is 12.0 Å². The second kappa shape index (κ2) is 4.99. The molecule has 0 bridgehead atoms. The van der Waals surface area contributed by atoms with Crippen molar-refractivity contribution in [2.24, 2.45) is 0 Å². The Hall–Kier alpha value is -0.0400. The lowest BCUT2D eigenvalue weighted by Crippen LogP contribution is -2.36. The molecule has 0 aliphatic heterocycles. The molecule has 1 nitrogen and oxygen atoms in total. The highest BCUT2D eigenvalue weighted by molar-refractivity contribution is 7.93. The summed E-state index contributed by atoms with van der Waals surface area (Å²) >= 11 is 0.934. The van der Waals surface area contributed by atoms with Crippen molar-refractivity contribution in [1.82, 2.24) is 0 Å². The fourth-order valence-electron chi connectivity index (χ4n) is 0.578. The first kappa shape index (κ1) is 13.0. The van der Waals surface area contributed by atoms with Crippen LogP contribution in [0.2, 0.25) is 0 Å². The summed E-state index contributed by atoms with van der Waals surface area (Å²) in [5.41, 5.74) is 0. The van der Waals surface area contributed by atoms with Gasteiger partial charge in [-0.25, -0.2) is 0 Å². The summed E-state index contributed by atoms with van der Waals surface area (Å²) in [5, 5.41) is 0. The molecule has 0 radical (unpaired) electrons. The molecular weight excluding hydrogens is 215 g/mol. The Morgan fingerprint density at radius 3 is 2.08 bits per heavy atom. The first-order chi connectivity index (χ1) is 5.81. The predicted molar refractivity (Wildman–Crippen MR) is 39.7 cm³/mol. The third kappa shape index (κ3) is 4.66. The van der Waals surface area contributed by atoms with Gasteiger partial charge in [0.05, 0.1) is 6.61 Å². The summed E-state index contributed by atoms with van der Waals surface area (Å²) in [4.78, 5) is 0. The van der Waals surface area contributed by atoms with Crippen molar-refractivity contribution >= 4 is 12.0 Å². The topological polar surface area (TPSA) is 9.23 Å². The molecule has 0 aliphatic carbocycles. The lowest BCUT2D eigenvalue weighted by molar-refractivity contribution is -0.284. The molecule has 0 heterocycles. The largest absolute Gasteiger partial charge is 0.453 e. The molecule has 0 spiro atoms. The third-order valence-electron chi connectivity index (χ3n) is 1.25. The minimum Gasteiger partial charge on any atom is -0.316 e. The summed E-state index contributed by atoms with van der Waals surface area (Å²) in [7, 11) is 0. The monoisotopic (exact) mass is 224 g/mol.